The zero-order chi connectivity index (χ0) is 10.2. The summed E-state index contributed by atoms with van der Waals surface area (Å²) in [5, 5.41) is 0. The third-order valence-electron chi connectivity index (χ3n) is 2.65. The van der Waals surface area contributed by atoms with Gasteiger partial charge < -0.3 is 4.74 Å². The summed E-state index contributed by atoms with van der Waals surface area (Å²) in [4.78, 5) is 0. The van der Waals surface area contributed by atoms with E-state index < -0.39 is 0 Å². The second-order valence-corrected chi connectivity index (χ2v) is 4.05. The van der Waals surface area contributed by atoms with E-state index >= 15 is 0 Å². The van der Waals surface area contributed by atoms with Gasteiger partial charge in [-0.15, -0.1) is 0 Å². The first-order valence-electron chi connectivity index (χ1n) is 5.85. The Kier molecular flexibility index (Phi) is 5.43. The zero-order valence-corrected chi connectivity index (χ0v) is 9.30. The van der Waals surface area contributed by atoms with Gasteiger partial charge in [0, 0.05) is 6.42 Å². The van der Waals surface area contributed by atoms with Gasteiger partial charge in [-0.3, -0.25) is 0 Å². The van der Waals surface area contributed by atoms with Gasteiger partial charge in [0.1, 0.15) is 11.9 Å². The van der Waals surface area contributed by atoms with Crippen LogP contribution in [-0.2, 0) is 4.74 Å². The highest BCUT2D eigenvalue weighted by atomic mass is 16.5. The Bertz CT molecular complexity index is 193. The van der Waals surface area contributed by atoms with Crippen molar-refractivity contribution in [1.82, 2.24) is 0 Å². The van der Waals surface area contributed by atoms with Gasteiger partial charge in [-0.05, 0) is 18.9 Å². The molecule has 0 saturated carbocycles. The second kappa shape index (κ2) is 6.69. The molecule has 1 heterocycles. The lowest BCUT2D eigenvalue weighted by atomic mass is 10.0. The molecule has 0 aromatic rings. The maximum Gasteiger partial charge on any atom is 0.112 e. The number of hydrogen-bond donors (Lipinski definition) is 0. The van der Waals surface area contributed by atoms with Crippen molar-refractivity contribution < 1.29 is 4.74 Å². The molecule has 0 aromatic heterocycles. The maximum absolute atomic E-state index is 5.61. The number of rotatable bonds is 6. The molecule has 0 saturated heterocycles. The van der Waals surface area contributed by atoms with Gasteiger partial charge in [0.15, 0.2) is 0 Å². The molecule has 1 aliphatic heterocycles. The minimum absolute atomic E-state index is 0.397. The highest BCUT2D eigenvalue weighted by molar-refractivity contribution is 5.11. The van der Waals surface area contributed by atoms with Crippen LogP contribution in [0.4, 0.5) is 0 Å². The molecule has 0 amide bonds. The second-order valence-electron chi connectivity index (χ2n) is 4.05. The molecule has 0 aliphatic carbocycles. The smallest absolute Gasteiger partial charge is 0.112 e. The van der Waals surface area contributed by atoms with E-state index in [0.29, 0.717) is 6.10 Å². The molecule has 0 aromatic carbocycles. The van der Waals surface area contributed by atoms with Gasteiger partial charge in [-0.2, -0.15) is 0 Å². The molecule has 1 nitrogen and oxygen atoms in total. The molecule has 1 rings (SSSR count). The molecule has 14 heavy (non-hydrogen) atoms. The SMILES string of the molecule is C=C1C=CCC(CCCCCCC)O1. The van der Waals surface area contributed by atoms with Crippen LogP contribution in [0.15, 0.2) is 24.5 Å². The van der Waals surface area contributed by atoms with E-state index in [0.717, 1.165) is 12.2 Å². The topological polar surface area (TPSA) is 9.23 Å². The summed E-state index contributed by atoms with van der Waals surface area (Å²) in [6.45, 7) is 6.06. The lowest BCUT2D eigenvalue weighted by molar-refractivity contribution is 0.110. The standard InChI is InChI=1S/C13H22O/c1-3-4-5-6-7-10-13-11-8-9-12(2)14-13/h8-9,13H,2-7,10-11H2,1H3. The Morgan fingerprint density at radius 1 is 1.36 bits per heavy atom. The van der Waals surface area contributed by atoms with Crippen molar-refractivity contribution in [2.75, 3.05) is 0 Å². The Balaban J connectivity index is 2.01. The fourth-order valence-electron chi connectivity index (χ4n) is 1.81. The normalized spacial score (nSPS) is 20.9. The first-order valence-corrected chi connectivity index (χ1v) is 5.85. The highest BCUT2D eigenvalue weighted by Crippen LogP contribution is 2.19. The fraction of sp³-hybridized carbons (Fsp3) is 0.692. The van der Waals surface area contributed by atoms with Gasteiger partial charge in [-0.1, -0.05) is 45.3 Å². The fourth-order valence-corrected chi connectivity index (χ4v) is 1.81. The molecule has 0 bridgehead atoms. The van der Waals surface area contributed by atoms with E-state index in [2.05, 4.69) is 19.6 Å². The summed E-state index contributed by atoms with van der Waals surface area (Å²) < 4.78 is 5.61. The zero-order valence-electron chi connectivity index (χ0n) is 9.30. The van der Waals surface area contributed by atoms with Gasteiger partial charge >= 0.3 is 0 Å². The summed E-state index contributed by atoms with van der Waals surface area (Å²) in [5.41, 5.74) is 0. The van der Waals surface area contributed by atoms with E-state index in [1.165, 1.54) is 38.5 Å². The van der Waals surface area contributed by atoms with E-state index in [-0.39, 0.29) is 0 Å². The van der Waals surface area contributed by atoms with E-state index in [4.69, 9.17) is 4.74 Å². The van der Waals surface area contributed by atoms with E-state index in [1.807, 2.05) is 6.08 Å². The van der Waals surface area contributed by atoms with Crippen LogP contribution in [0.1, 0.15) is 51.9 Å². The van der Waals surface area contributed by atoms with Crippen LogP contribution in [-0.4, -0.2) is 6.10 Å². The Hall–Kier alpha value is -0.720. The van der Waals surface area contributed by atoms with Crippen LogP contribution < -0.4 is 0 Å². The first kappa shape index (κ1) is 11.4. The summed E-state index contributed by atoms with van der Waals surface area (Å²) in [5.74, 6) is 0.829. The van der Waals surface area contributed by atoms with Crippen molar-refractivity contribution in [1.29, 1.82) is 0 Å². The molecule has 1 aliphatic rings. The molecule has 0 spiro atoms. The molecule has 0 fully saturated rings. The predicted octanol–water partition coefficient (Wildman–Crippen LogP) is 4.21. The number of ether oxygens (including phenoxy) is 1. The lowest BCUT2D eigenvalue weighted by Crippen LogP contribution is -2.13. The average Bonchev–Trinajstić information content (AvgIpc) is 2.18. The molecule has 1 atom stereocenters. The minimum Gasteiger partial charge on any atom is -0.491 e. The third-order valence-corrected chi connectivity index (χ3v) is 2.65. The van der Waals surface area contributed by atoms with E-state index in [1.54, 1.807) is 0 Å². The number of allylic oxidation sites excluding steroid dienone is 1. The third kappa shape index (κ3) is 4.50. The van der Waals surface area contributed by atoms with Crippen molar-refractivity contribution in [2.24, 2.45) is 0 Å². The predicted molar refractivity (Wildman–Crippen MR) is 61.1 cm³/mol. The quantitative estimate of drug-likeness (QED) is 0.576. The van der Waals surface area contributed by atoms with Crippen molar-refractivity contribution in [3.63, 3.8) is 0 Å². The maximum atomic E-state index is 5.61. The van der Waals surface area contributed by atoms with Crippen molar-refractivity contribution in [3.05, 3.63) is 24.5 Å². The molecule has 1 heteroatoms. The molecule has 0 N–H and O–H groups in total. The van der Waals surface area contributed by atoms with E-state index in [9.17, 15) is 0 Å². The van der Waals surface area contributed by atoms with Crippen LogP contribution in [0, 0.1) is 0 Å². The van der Waals surface area contributed by atoms with Gasteiger partial charge in [0.2, 0.25) is 0 Å². The van der Waals surface area contributed by atoms with Crippen LogP contribution in [0.3, 0.4) is 0 Å². The molecular weight excluding hydrogens is 172 g/mol. The van der Waals surface area contributed by atoms with Crippen LogP contribution in [0.25, 0.3) is 0 Å². The minimum atomic E-state index is 0.397. The number of unbranched alkanes of at least 4 members (excludes halogenated alkanes) is 4. The average molecular weight is 194 g/mol. The monoisotopic (exact) mass is 194 g/mol. The summed E-state index contributed by atoms with van der Waals surface area (Å²) in [6.07, 6.45) is 13.5. The van der Waals surface area contributed by atoms with Crippen molar-refractivity contribution in [3.8, 4) is 0 Å². The molecule has 0 radical (unpaired) electrons. The molecule has 80 valence electrons. The highest BCUT2D eigenvalue weighted by Gasteiger charge is 2.11. The summed E-state index contributed by atoms with van der Waals surface area (Å²) in [7, 11) is 0. The molecular formula is C13H22O. The van der Waals surface area contributed by atoms with Gasteiger partial charge in [-0.25, -0.2) is 0 Å². The van der Waals surface area contributed by atoms with Crippen molar-refractivity contribution in [2.45, 2.75) is 58.0 Å². The Morgan fingerprint density at radius 2 is 2.14 bits per heavy atom. The Morgan fingerprint density at radius 3 is 2.86 bits per heavy atom. The van der Waals surface area contributed by atoms with Crippen LogP contribution in [0.2, 0.25) is 0 Å². The summed E-state index contributed by atoms with van der Waals surface area (Å²) in [6, 6.07) is 0. The molecule has 1 unspecified atom stereocenters. The largest absolute Gasteiger partial charge is 0.491 e. The van der Waals surface area contributed by atoms with Gasteiger partial charge in [0.25, 0.3) is 0 Å². The van der Waals surface area contributed by atoms with Crippen LogP contribution in [0.5, 0.6) is 0 Å². The number of hydrogen-bond acceptors (Lipinski definition) is 1. The van der Waals surface area contributed by atoms with Crippen LogP contribution >= 0.6 is 0 Å². The summed E-state index contributed by atoms with van der Waals surface area (Å²) >= 11 is 0. The van der Waals surface area contributed by atoms with Crippen molar-refractivity contribution >= 4 is 0 Å². The van der Waals surface area contributed by atoms with Gasteiger partial charge in [0.05, 0.1) is 0 Å². The first-order chi connectivity index (χ1) is 6.83. The lowest BCUT2D eigenvalue weighted by Gasteiger charge is -2.21. The Labute approximate surface area is 87.8 Å².